The quantitative estimate of drug-likeness (QED) is 0.757. The van der Waals surface area contributed by atoms with E-state index in [1.54, 1.807) is 6.20 Å². The van der Waals surface area contributed by atoms with Gasteiger partial charge >= 0.3 is 0 Å². The number of para-hydroxylation sites is 1. The number of fused-ring (bicyclic) bond motifs is 1. The van der Waals surface area contributed by atoms with Crippen molar-refractivity contribution in [2.45, 2.75) is 25.2 Å². The largest absolute Gasteiger partial charge is 0.352 e. The SMILES string of the molecule is O=C(NCCc1cn[nH]n1)c1cc(C2CC2)nc2ccccc12. The summed E-state index contributed by atoms with van der Waals surface area (Å²) in [5.74, 6) is 0.454. The van der Waals surface area contributed by atoms with Gasteiger partial charge in [-0.2, -0.15) is 15.4 Å². The molecule has 6 nitrogen and oxygen atoms in total. The molecule has 1 fully saturated rings. The molecule has 1 aliphatic rings. The van der Waals surface area contributed by atoms with Crippen molar-refractivity contribution in [3.05, 3.63) is 53.5 Å². The van der Waals surface area contributed by atoms with E-state index in [2.05, 4.69) is 20.7 Å². The van der Waals surface area contributed by atoms with Crippen LogP contribution in [-0.2, 0) is 6.42 Å². The Morgan fingerprint density at radius 1 is 1.30 bits per heavy atom. The first-order valence-corrected chi connectivity index (χ1v) is 7.84. The Hall–Kier alpha value is -2.76. The molecule has 23 heavy (non-hydrogen) atoms. The summed E-state index contributed by atoms with van der Waals surface area (Å²) in [7, 11) is 0. The molecule has 2 heterocycles. The Morgan fingerprint density at radius 2 is 2.17 bits per heavy atom. The van der Waals surface area contributed by atoms with Gasteiger partial charge in [-0.05, 0) is 25.0 Å². The topological polar surface area (TPSA) is 83.6 Å². The molecule has 3 aromatic rings. The highest BCUT2D eigenvalue weighted by Gasteiger charge is 2.26. The smallest absolute Gasteiger partial charge is 0.252 e. The van der Waals surface area contributed by atoms with Gasteiger partial charge in [0.15, 0.2) is 0 Å². The van der Waals surface area contributed by atoms with Crippen LogP contribution in [0.15, 0.2) is 36.5 Å². The molecule has 1 saturated carbocycles. The second-order valence-electron chi connectivity index (χ2n) is 5.85. The molecule has 1 amide bonds. The third-order valence-electron chi connectivity index (χ3n) is 4.11. The van der Waals surface area contributed by atoms with Gasteiger partial charge in [-0.1, -0.05) is 18.2 Å². The fraction of sp³-hybridized carbons (Fsp3) is 0.294. The van der Waals surface area contributed by atoms with Gasteiger partial charge in [0.1, 0.15) is 0 Å². The number of benzene rings is 1. The summed E-state index contributed by atoms with van der Waals surface area (Å²) < 4.78 is 0. The van der Waals surface area contributed by atoms with Gasteiger partial charge in [0.25, 0.3) is 5.91 Å². The van der Waals surface area contributed by atoms with E-state index in [0.29, 0.717) is 24.4 Å². The van der Waals surface area contributed by atoms with E-state index < -0.39 is 0 Å². The maximum Gasteiger partial charge on any atom is 0.252 e. The molecule has 0 spiro atoms. The van der Waals surface area contributed by atoms with Crippen molar-refractivity contribution >= 4 is 16.8 Å². The number of nitrogens with zero attached hydrogens (tertiary/aromatic N) is 3. The summed E-state index contributed by atoms with van der Waals surface area (Å²) in [4.78, 5) is 17.3. The van der Waals surface area contributed by atoms with E-state index in [1.807, 2.05) is 30.3 Å². The van der Waals surface area contributed by atoms with Crippen molar-refractivity contribution in [2.24, 2.45) is 0 Å². The zero-order valence-corrected chi connectivity index (χ0v) is 12.6. The van der Waals surface area contributed by atoms with E-state index in [9.17, 15) is 4.79 Å². The minimum atomic E-state index is -0.0611. The molecule has 0 saturated heterocycles. The Kier molecular flexibility index (Phi) is 3.49. The van der Waals surface area contributed by atoms with E-state index in [4.69, 9.17) is 4.98 Å². The van der Waals surface area contributed by atoms with Gasteiger partial charge < -0.3 is 5.32 Å². The number of amides is 1. The molecule has 0 atom stereocenters. The lowest BCUT2D eigenvalue weighted by Gasteiger charge is -2.09. The fourth-order valence-electron chi connectivity index (χ4n) is 2.72. The van der Waals surface area contributed by atoms with Crippen molar-refractivity contribution in [1.82, 2.24) is 25.7 Å². The number of carbonyl (C=O) groups is 1. The van der Waals surface area contributed by atoms with Crippen LogP contribution in [0, 0.1) is 0 Å². The highest BCUT2D eigenvalue weighted by Crippen LogP contribution is 2.40. The first-order chi connectivity index (χ1) is 11.3. The molecular weight excluding hydrogens is 290 g/mol. The molecule has 116 valence electrons. The monoisotopic (exact) mass is 307 g/mol. The lowest BCUT2D eigenvalue weighted by atomic mass is 10.1. The zero-order chi connectivity index (χ0) is 15.6. The molecule has 2 N–H and O–H groups in total. The Bertz CT molecular complexity index is 839. The number of hydrogen-bond acceptors (Lipinski definition) is 4. The molecule has 6 heteroatoms. The number of rotatable bonds is 5. The van der Waals surface area contributed by atoms with Crippen molar-refractivity contribution in [2.75, 3.05) is 6.54 Å². The Morgan fingerprint density at radius 3 is 2.96 bits per heavy atom. The molecule has 0 aliphatic heterocycles. The van der Waals surface area contributed by atoms with Gasteiger partial charge in [-0.15, -0.1) is 0 Å². The van der Waals surface area contributed by atoms with Crippen molar-refractivity contribution in [1.29, 1.82) is 0 Å². The van der Waals surface area contributed by atoms with Crippen molar-refractivity contribution in [3.63, 3.8) is 0 Å². The van der Waals surface area contributed by atoms with E-state index in [-0.39, 0.29) is 5.91 Å². The summed E-state index contributed by atoms with van der Waals surface area (Å²) in [6.45, 7) is 0.529. The number of aromatic nitrogens is 4. The average molecular weight is 307 g/mol. The minimum absolute atomic E-state index is 0.0611. The lowest BCUT2D eigenvalue weighted by Crippen LogP contribution is -2.26. The van der Waals surface area contributed by atoms with Crippen LogP contribution < -0.4 is 5.32 Å². The Balaban J connectivity index is 1.57. The van der Waals surface area contributed by atoms with Gasteiger partial charge in [0.2, 0.25) is 0 Å². The number of nitrogens with one attached hydrogen (secondary N) is 2. The second kappa shape index (κ2) is 5.79. The van der Waals surface area contributed by atoms with Gasteiger partial charge in [0.05, 0.1) is 23.0 Å². The summed E-state index contributed by atoms with van der Waals surface area (Å²) in [5, 5.41) is 14.2. The molecule has 1 aliphatic carbocycles. The molecule has 0 radical (unpaired) electrons. The third kappa shape index (κ3) is 2.92. The van der Waals surface area contributed by atoms with Crippen LogP contribution in [0.2, 0.25) is 0 Å². The molecule has 0 bridgehead atoms. The van der Waals surface area contributed by atoms with E-state index >= 15 is 0 Å². The van der Waals surface area contributed by atoms with Crippen LogP contribution in [0.25, 0.3) is 10.9 Å². The lowest BCUT2D eigenvalue weighted by molar-refractivity contribution is 0.0955. The number of H-pyrrole nitrogens is 1. The van der Waals surface area contributed by atoms with E-state index in [0.717, 1.165) is 22.3 Å². The predicted molar refractivity (Wildman–Crippen MR) is 86.1 cm³/mol. The third-order valence-corrected chi connectivity index (χ3v) is 4.11. The molecule has 4 rings (SSSR count). The minimum Gasteiger partial charge on any atom is -0.352 e. The normalized spacial score (nSPS) is 14.1. The highest BCUT2D eigenvalue weighted by molar-refractivity contribution is 6.06. The number of carbonyl (C=O) groups excluding carboxylic acids is 1. The van der Waals surface area contributed by atoms with Crippen LogP contribution in [0.5, 0.6) is 0 Å². The first kappa shape index (κ1) is 13.9. The summed E-state index contributed by atoms with van der Waals surface area (Å²) in [5.41, 5.74) is 3.46. The molecule has 1 aromatic carbocycles. The predicted octanol–water partition coefficient (Wildman–Crippen LogP) is 2.20. The summed E-state index contributed by atoms with van der Waals surface area (Å²) in [6, 6.07) is 9.76. The maximum absolute atomic E-state index is 12.6. The first-order valence-electron chi connectivity index (χ1n) is 7.84. The van der Waals surface area contributed by atoms with Crippen LogP contribution in [0.1, 0.15) is 40.5 Å². The average Bonchev–Trinajstić information content (AvgIpc) is 3.31. The van der Waals surface area contributed by atoms with E-state index in [1.165, 1.54) is 12.8 Å². The molecule has 0 unspecified atom stereocenters. The van der Waals surface area contributed by atoms with Crippen LogP contribution in [0.3, 0.4) is 0 Å². The second-order valence-corrected chi connectivity index (χ2v) is 5.85. The zero-order valence-electron chi connectivity index (χ0n) is 12.6. The standard InChI is InChI=1S/C17H17N5O/c23-17(18-8-7-12-10-19-22-21-12)14-9-16(11-5-6-11)20-15-4-2-1-3-13(14)15/h1-4,9-11H,5-8H2,(H,18,23)(H,19,21,22). The summed E-state index contributed by atoms with van der Waals surface area (Å²) in [6.07, 6.45) is 4.65. The van der Waals surface area contributed by atoms with Crippen LogP contribution >= 0.6 is 0 Å². The molecular formula is C17H17N5O. The summed E-state index contributed by atoms with van der Waals surface area (Å²) >= 11 is 0. The number of pyridine rings is 1. The van der Waals surface area contributed by atoms with Gasteiger partial charge in [-0.25, -0.2) is 0 Å². The van der Waals surface area contributed by atoms with Crippen molar-refractivity contribution in [3.8, 4) is 0 Å². The maximum atomic E-state index is 12.6. The molecule has 2 aromatic heterocycles. The van der Waals surface area contributed by atoms with Crippen LogP contribution in [-0.4, -0.2) is 32.8 Å². The fourth-order valence-corrected chi connectivity index (χ4v) is 2.72. The van der Waals surface area contributed by atoms with Gasteiger partial charge in [0, 0.05) is 30.0 Å². The Labute approximate surface area is 133 Å². The van der Waals surface area contributed by atoms with Gasteiger partial charge in [-0.3, -0.25) is 9.78 Å². The number of aromatic amines is 1. The number of hydrogen-bond donors (Lipinski definition) is 2. The highest BCUT2D eigenvalue weighted by atomic mass is 16.1. The van der Waals surface area contributed by atoms with Crippen LogP contribution in [0.4, 0.5) is 0 Å². The van der Waals surface area contributed by atoms with Crippen molar-refractivity contribution < 1.29 is 4.79 Å².